The Hall–Kier alpha value is -2.85. The second kappa shape index (κ2) is 8.72. The van der Waals surface area contributed by atoms with Gasteiger partial charge in [0.25, 0.3) is 5.56 Å². The van der Waals surface area contributed by atoms with Gasteiger partial charge in [0.2, 0.25) is 18.5 Å². The van der Waals surface area contributed by atoms with Crippen LogP contribution in [0.2, 0.25) is 0 Å². The van der Waals surface area contributed by atoms with E-state index < -0.39 is 0 Å². The number of ether oxygens (including phenoxy) is 2. The van der Waals surface area contributed by atoms with Gasteiger partial charge in [-0.1, -0.05) is 36.7 Å². The van der Waals surface area contributed by atoms with Gasteiger partial charge in [-0.3, -0.25) is 9.36 Å². The third-order valence-electron chi connectivity index (χ3n) is 4.94. The predicted molar refractivity (Wildman–Crippen MR) is 119 cm³/mol. The van der Waals surface area contributed by atoms with E-state index in [9.17, 15) is 4.79 Å². The summed E-state index contributed by atoms with van der Waals surface area (Å²) < 4.78 is 18.7. The van der Waals surface area contributed by atoms with Gasteiger partial charge in [0.15, 0.2) is 16.7 Å². The lowest BCUT2D eigenvalue weighted by atomic mass is 10.2. The largest absolute Gasteiger partial charge is 0.454 e. The van der Waals surface area contributed by atoms with E-state index in [1.54, 1.807) is 4.57 Å². The van der Waals surface area contributed by atoms with Crippen molar-refractivity contribution in [2.24, 2.45) is 0 Å². The average Bonchev–Trinajstić information content (AvgIpc) is 3.53. The molecule has 160 valence electrons. The first-order valence-corrected chi connectivity index (χ1v) is 11.9. The zero-order valence-corrected chi connectivity index (χ0v) is 18.5. The van der Waals surface area contributed by atoms with E-state index in [0.29, 0.717) is 45.4 Å². The molecule has 1 aliphatic rings. The third-order valence-corrected chi connectivity index (χ3v) is 6.79. The number of thiophene rings is 1. The maximum Gasteiger partial charge on any atom is 0.272 e. The molecule has 4 heterocycles. The lowest BCUT2D eigenvalue weighted by molar-refractivity contribution is 0.174. The number of hydrogen-bond donors (Lipinski definition) is 0. The molecule has 0 aliphatic carbocycles. The van der Waals surface area contributed by atoms with Crippen LogP contribution >= 0.6 is 23.1 Å². The van der Waals surface area contributed by atoms with Crippen LogP contribution in [0.25, 0.3) is 21.6 Å². The topological polar surface area (TPSA) is 92.3 Å². The molecule has 0 radical (unpaired) electrons. The van der Waals surface area contributed by atoms with Gasteiger partial charge in [-0.05, 0) is 36.1 Å². The van der Waals surface area contributed by atoms with Crippen LogP contribution in [0.1, 0.15) is 32.1 Å². The molecule has 0 fully saturated rings. The van der Waals surface area contributed by atoms with Gasteiger partial charge in [-0.25, -0.2) is 4.98 Å². The molecule has 0 unspecified atom stereocenters. The molecular formula is C21H20N4O4S2. The fourth-order valence-corrected chi connectivity index (χ4v) is 4.98. The third kappa shape index (κ3) is 4.05. The number of nitrogens with zero attached hydrogens (tertiary/aromatic N) is 4. The molecule has 3 aromatic heterocycles. The van der Waals surface area contributed by atoms with Gasteiger partial charge in [0.1, 0.15) is 4.70 Å². The van der Waals surface area contributed by atoms with Crippen LogP contribution in [-0.4, -0.2) is 26.5 Å². The van der Waals surface area contributed by atoms with Gasteiger partial charge in [0.05, 0.1) is 11.3 Å². The molecule has 0 spiro atoms. The van der Waals surface area contributed by atoms with Gasteiger partial charge in [-0.2, -0.15) is 4.98 Å². The van der Waals surface area contributed by atoms with Crippen LogP contribution in [0.15, 0.2) is 44.1 Å². The average molecular weight is 457 g/mol. The van der Waals surface area contributed by atoms with E-state index in [4.69, 9.17) is 19.0 Å². The Kier molecular flexibility index (Phi) is 5.65. The standard InChI is InChI=1S/C21H20N4O4S2/c1-2-3-4-8-25-20(26)18-14(7-9-30-18)22-21(25)31-11-17-23-19(24-29-17)13-5-6-15-16(10-13)28-12-27-15/h5-7,9-10H,2-4,8,11-12H2,1H3. The molecule has 8 nitrogen and oxygen atoms in total. The maximum absolute atomic E-state index is 12.9. The Morgan fingerprint density at radius 2 is 2.06 bits per heavy atom. The van der Waals surface area contributed by atoms with Gasteiger partial charge in [-0.15, -0.1) is 11.3 Å². The summed E-state index contributed by atoms with van der Waals surface area (Å²) in [5, 5.41) is 6.66. The zero-order valence-electron chi connectivity index (χ0n) is 16.9. The van der Waals surface area contributed by atoms with Crippen molar-refractivity contribution in [2.75, 3.05) is 6.79 Å². The highest BCUT2D eigenvalue weighted by atomic mass is 32.2. The summed E-state index contributed by atoms with van der Waals surface area (Å²) in [5.74, 6) is 2.75. The van der Waals surface area contributed by atoms with Crippen LogP contribution < -0.4 is 15.0 Å². The fourth-order valence-electron chi connectivity index (χ4n) is 3.34. The van der Waals surface area contributed by atoms with Gasteiger partial charge >= 0.3 is 0 Å². The van der Waals surface area contributed by atoms with Crippen LogP contribution in [0.5, 0.6) is 11.5 Å². The molecule has 0 saturated heterocycles. The quantitative estimate of drug-likeness (QED) is 0.214. The number of unbranched alkanes of at least 4 members (excludes halogenated alkanes) is 2. The first-order chi connectivity index (χ1) is 15.2. The number of benzene rings is 1. The van der Waals surface area contributed by atoms with Crippen LogP contribution in [-0.2, 0) is 12.3 Å². The number of aromatic nitrogens is 4. The smallest absolute Gasteiger partial charge is 0.272 e. The van der Waals surface area contributed by atoms with Crippen molar-refractivity contribution in [3.8, 4) is 22.9 Å². The summed E-state index contributed by atoms with van der Waals surface area (Å²) in [7, 11) is 0. The zero-order chi connectivity index (χ0) is 21.2. The Bertz CT molecular complexity index is 1280. The van der Waals surface area contributed by atoms with E-state index in [2.05, 4.69) is 17.1 Å². The molecule has 0 amide bonds. The minimum Gasteiger partial charge on any atom is -0.454 e. The Balaban J connectivity index is 1.36. The summed E-state index contributed by atoms with van der Waals surface area (Å²) in [6.07, 6.45) is 3.11. The van der Waals surface area contributed by atoms with Crippen LogP contribution in [0, 0.1) is 0 Å². The fraction of sp³-hybridized carbons (Fsp3) is 0.333. The molecule has 1 aromatic carbocycles. The van der Waals surface area contributed by atoms with Crippen LogP contribution in [0.4, 0.5) is 0 Å². The molecule has 31 heavy (non-hydrogen) atoms. The number of hydrogen-bond acceptors (Lipinski definition) is 9. The molecule has 0 saturated carbocycles. The number of thioether (sulfide) groups is 1. The van der Waals surface area contributed by atoms with Crippen molar-refractivity contribution in [3.63, 3.8) is 0 Å². The minimum atomic E-state index is 0.0187. The monoisotopic (exact) mass is 456 g/mol. The molecule has 5 rings (SSSR count). The Morgan fingerprint density at radius 3 is 2.97 bits per heavy atom. The van der Waals surface area contributed by atoms with Crippen molar-refractivity contribution in [1.29, 1.82) is 0 Å². The second-order valence-electron chi connectivity index (χ2n) is 7.06. The molecule has 0 atom stereocenters. The molecule has 10 heteroatoms. The molecular weight excluding hydrogens is 436 g/mol. The van der Waals surface area contributed by atoms with Crippen molar-refractivity contribution >= 4 is 33.3 Å². The highest BCUT2D eigenvalue weighted by molar-refractivity contribution is 7.98. The Morgan fingerprint density at radius 1 is 1.16 bits per heavy atom. The molecule has 1 aliphatic heterocycles. The highest BCUT2D eigenvalue weighted by Gasteiger charge is 2.18. The number of fused-ring (bicyclic) bond motifs is 2. The summed E-state index contributed by atoms with van der Waals surface area (Å²) in [6, 6.07) is 7.41. The highest BCUT2D eigenvalue weighted by Crippen LogP contribution is 2.35. The van der Waals surface area contributed by atoms with Crippen molar-refractivity contribution < 1.29 is 14.0 Å². The lowest BCUT2D eigenvalue weighted by Crippen LogP contribution is -2.22. The lowest BCUT2D eigenvalue weighted by Gasteiger charge is -2.10. The van der Waals surface area contributed by atoms with Crippen molar-refractivity contribution in [2.45, 2.75) is 43.6 Å². The summed E-state index contributed by atoms with van der Waals surface area (Å²) in [5.41, 5.74) is 1.54. The van der Waals surface area contributed by atoms with Crippen molar-refractivity contribution in [1.82, 2.24) is 19.7 Å². The molecule has 4 aromatic rings. The van der Waals surface area contributed by atoms with E-state index in [1.807, 2.05) is 29.6 Å². The minimum absolute atomic E-state index is 0.0187. The Labute approximate surface area is 186 Å². The summed E-state index contributed by atoms with van der Waals surface area (Å²) in [4.78, 5) is 22.1. The summed E-state index contributed by atoms with van der Waals surface area (Å²) in [6.45, 7) is 3.02. The first-order valence-electron chi connectivity index (χ1n) is 10.1. The first kappa shape index (κ1) is 20.1. The molecule has 0 bridgehead atoms. The maximum atomic E-state index is 12.9. The van der Waals surface area contributed by atoms with Crippen molar-refractivity contribution in [3.05, 3.63) is 45.9 Å². The van der Waals surface area contributed by atoms with E-state index >= 15 is 0 Å². The predicted octanol–water partition coefficient (Wildman–Crippen LogP) is 4.72. The van der Waals surface area contributed by atoms with Gasteiger partial charge < -0.3 is 14.0 Å². The van der Waals surface area contributed by atoms with E-state index in [0.717, 1.165) is 30.3 Å². The second-order valence-corrected chi connectivity index (χ2v) is 8.92. The van der Waals surface area contributed by atoms with Gasteiger partial charge in [0, 0.05) is 12.1 Å². The summed E-state index contributed by atoms with van der Waals surface area (Å²) >= 11 is 2.87. The normalized spacial score (nSPS) is 12.7. The number of rotatable bonds is 8. The van der Waals surface area contributed by atoms with E-state index in [-0.39, 0.29) is 12.4 Å². The van der Waals surface area contributed by atoms with Crippen LogP contribution in [0.3, 0.4) is 0 Å². The SMILES string of the molecule is CCCCCn1c(SCc2nc(-c3ccc4c(c3)OCO4)no2)nc2ccsc2c1=O. The van der Waals surface area contributed by atoms with E-state index in [1.165, 1.54) is 23.1 Å². The molecule has 0 N–H and O–H groups in total.